The van der Waals surface area contributed by atoms with Crippen LogP contribution in [-0.2, 0) is 4.79 Å². The minimum Gasteiger partial charge on any atom is -0.357 e. The van der Waals surface area contributed by atoms with Crippen LogP contribution in [0, 0.1) is 5.92 Å². The van der Waals surface area contributed by atoms with Gasteiger partial charge in [-0.3, -0.25) is 9.69 Å². The van der Waals surface area contributed by atoms with Gasteiger partial charge in [0.05, 0.1) is 5.52 Å². The maximum atomic E-state index is 12.3. The normalized spacial score (nSPS) is 20.0. The van der Waals surface area contributed by atoms with Crippen LogP contribution in [0.5, 0.6) is 0 Å². The summed E-state index contributed by atoms with van der Waals surface area (Å²) in [7, 11) is 2.18. The molecule has 3 N–H and O–H groups in total. The van der Waals surface area contributed by atoms with Crippen molar-refractivity contribution < 1.29 is 4.79 Å². The fraction of sp³-hybridized carbons (Fsp3) is 0.636. The molecule has 1 amide bonds. The average Bonchev–Trinajstić information content (AvgIpc) is 3.31. The Morgan fingerprint density at radius 1 is 1.20 bits per heavy atom. The van der Waals surface area contributed by atoms with E-state index < -0.39 is 0 Å². The van der Waals surface area contributed by atoms with Crippen LogP contribution in [0.25, 0.3) is 10.9 Å². The predicted octanol–water partition coefficient (Wildman–Crippen LogP) is 4.67. The fourth-order valence-corrected chi connectivity index (χ4v) is 4.69. The number of carbonyl (C=O) groups excluding carboxylic acids is 1. The molecule has 0 aliphatic carbocycles. The topological polar surface area (TPSA) is 73.1 Å². The molecule has 2 aromatic rings. The van der Waals surface area contributed by atoms with E-state index in [-0.39, 0.29) is 30.7 Å². The van der Waals surface area contributed by atoms with Crippen LogP contribution in [-0.4, -0.2) is 47.5 Å². The number of aromatic nitrogens is 2. The Bertz CT molecular complexity index is 806. The average molecular weight is 456 g/mol. The molecular formula is C22H35Cl2N5O. The van der Waals surface area contributed by atoms with Crippen molar-refractivity contribution in [3.63, 3.8) is 0 Å². The summed E-state index contributed by atoms with van der Waals surface area (Å²) in [6.07, 6.45) is 10.8. The Balaban J connectivity index is 0.00000160. The smallest absolute Gasteiger partial charge is 0.225 e. The van der Waals surface area contributed by atoms with Crippen LogP contribution in [0.2, 0.25) is 0 Å². The van der Waals surface area contributed by atoms with Gasteiger partial charge in [-0.2, -0.15) is 0 Å². The number of hydrogen-bond acceptors (Lipinski definition) is 4. The number of amides is 1. The second-order valence-electron chi connectivity index (χ2n) is 8.51. The van der Waals surface area contributed by atoms with Gasteiger partial charge in [-0.25, -0.2) is 4.98 Å². The number of nitrogens with zero attached hydrogens (tertiary/aromatic N) is 2. The number of hydrogen-bond donors (Lipinski definition) is 3. The van der Waals surface area contributed by atoms with Gasteiger partial charge in [-0.1, -0.05) is 12.8 Å². The lowest BCUT2D eigenvalue weighted by molar-refractivity contribution is -0.116. The lowest BCUT2D eigenvalue weighted by Gasteiger charge is -2.22. The number of pyridine rings is 1. The first-order chi connectivity index (χ1) is 13.7. The van der Waals surface area contributed by atoms with E-state index in [1.807, 2.05) is 12.3 Å². The highest BCUT2D eigenvalue weighted by Crippen LogP contribution is 2.32. The molecule has 4 rings (SSSR count). The highest BCUT2D eigenvalue weighted by Gasteiger charge is 2.24. The summed E-state index contributed by atoms with van der Waals surface area (Å²) in [5, 5.41) is 7.48. The van der Waals surface area contributed by atoms with E-state index in [1.54, 1.807) is 0 Å². The molecule has 1 atom stereocenters. The summed E-state index contributed by atoms with van der Waals surface area (Å²) in [6, 6.07) is 4.62. The molecule has 0 bridgehead atoms. The van der Waals surface area contributed by atoms with Gasteiger partial charge in [0.25, 0.3) is 0 Å². The van der Waals surface area contributed by atoms with Crippen molar-refractivity contribution in [1.82, 2.24) is 20.2 Å². The van der Waals surface area contributed by atoms with Crippen LogP contribution in [0.3, 0.4) is 0 Å². The number of H-pyrrole nitrogens is 1. The third-order valence-electron chi connectivity index (χ3n) is 6.40. The number of halogens is 2. The van der Waals surface area contributed by atoms with Crippen molar-refractivity contribution in [3.05, 3.63) is 24.0 Å². The lowest BCUT2D eigenvalue weighted by atomic mass is 9.92. The van der Waals surface area contributed by atoms with E-state index in [0.29, 0.717) is 18.3 Å². The fourth-order valence-electron chi connectivity index (χ4n) is 4.69. The number of nitrogens with one attached hydrogen (secondary N) is 3. The van der Waals surface area contributed by atoms with Gasteiger partial charge >= 0.3 is 0 Å². The van der Waals surface area contributed by atoms with Gasteiger partial charge in [0, 0.05) is 35.8 Å². The van der Waals surface area contributed by atoms with Gasteiger partial charge in [0.1, 0.15) is 5.82 Å². The Hall–Kier alpha value is -1.34. The number of aromatic amines is 1. The second-order valence-corrected chi connectivity index (χ2v) is 8.51. The number of unbranched alkanes of at least 4 members (excludes halogenated alkanes) is 1. The van der Waals surface area contributed by atoms with E-state index >= 15 is 0 Å². The SMILES string of the molecule is CN1CCC[C@@H]1c1cc2cnc(NC(=O)CCCCC3CCNCC3)cc2[nH]1.Cl.Cl. The zero-order valence-electron chi connectivity index (χ0n) is 17.8. The number of anilines is 1. The Kier molecular flexibility index (Phi) is 9.88. The summed E-state index contributed by atoms with van der Waals surface area (Å²) in [5.74, 6) is 1.55. The maximum absolute atomic E-state index is 12.3. The summed E-state index contributed by atoms with van der Waals surface area (Å²) < 4.78 is 0. The van der Waals surface area contributed by atoms with Gasteiger partial charge < -0.3 is 15.6 Å². The van der Waals surface area contributed by atoms with Crippen LogP contribution >= 0.6 is 24.8 Å². The van der Waals surface area contributed by atoms with Gasteiger partial charge in [0.15, 0.2) is 0 Å². The van der Waals surface area contributed by atoms with Gasteiger partial charge in [-0.15, -0.1) is 24.8 Å². The van der Waals surface area contributed by atoms with E-state index in [2.05, 4.69) is 38.6 Å². The van der Waals surface area contributed by atoms with E-state index in [4.69, 9.17) is 0 Å². The largest absolute Gasteiger partial charge is 0.357 e. The zero-order chi connectivity index (χ0) is 19.3. The van der Waals surface area contributed by atoms with Crippen LogP contribution < -0.4 is 10.6 Å². The molecule has 0 radical (unpaired) electrons. The number of fused-ring (bicyclic) bond motifs is 1. The lowest BCUT2D eigenvalue weighted by Crippen LogP contribution is -2.27. The van der Waals surface area contributed by atoms with E-state index in [9.17, 15) is 4.79 Å². The highest BCUT2D eigenvalue weighted by molar-refractivity contribution is 5.92. The number of piperidine rings is 1. The summed E-state index contributed by atoms with van der Waals surface area (Å²) in [5.41, 5.74) is 2.30. The molecular weight excluding hydrogens is 421 g/mol. The third kappa shape index (κ3) is 6.33. The van der Waals surface area contributed by atoms with Gasteiger partial charge in [0.2, 0.25) is 5.91 Å². The molecule has 8 heteroatoms. The Labute approximate surface area is 191 Å². The Morgan fingerprint density at radius 3 is 2.73 bits per heavy atom. The highest BCUT2D eigenvalue weighted by atomic mass is 35.5. The monoisotopic (exact) mass is 455 g/mol. The molecule has 0 spiro atoms. The summed E-state index contributed by atoms with van der Waals surface area (Å²) in [6.45, 7) is 3.45. The number of carbonyl (C=O) groups is 1. The molecule has 168 valence electrons. The first-order valence-electron chi connectivity index (χ1n) is 10.9. The quantitative estimate of drug-likeness (QED) is 0.530. The molecule has 2 aromatic heterocycles. The van der Waals surface area contributed by atoms with Crippen molar-refractivity contribution in [2.24, 2.45) is 5.92 Å². The van der Waals surface area contributed by atoms with Crippen LogP contribution in [0.15, 0.2) is 18.3 Å². The number of rotatable bonds is 7. The van der Waals surface area contributed by atoms with Crippen molar-refractivity contribution >= 4 is 47.4 Å². The molecule has 2 aliphatic heterocycles. The van der Waals surface area contributed by atoms with Crippen molar-refractivity contribution in [1.29, 1.82) is 0 Å². The Morgan fingerprint density at radius 2 is 2.00 bits per heavy atom. The van der Waals surface area contributed by atoms with Gasteiger partial charge in [-0.05, 0) is 70.8 Å². The van der Waals surface area contributed by atoms with Crippen LogP contribution in [0.1, 0.15) is 63.1 Å². The molecule has 30 heavy (non-hydrogen) atoms. The molecule has 0 aromatic carbocycles. The van der Waals surface area contributed by atoms with E-state index in [0.717, 1.165) is 49.3 Å². The van der Waals surface area contributed by atoms with Crippen molar-refractivity contribution in [3.8, 4) is 0 Å². The first-order valence-corrected chi connectivity index (χ1v) is 10.9. The number of likely N-dealkylation sites (tertiary alicyclic amines) is 1. The molecule has 0 unspecified atom stereocenters. The standard InChI is InChI=1S/C22H33N5O.2ClH/c1-27-12-4-6-20(27)19-13-17-15-24-21(14-18(17)25-19)26-22(28)7-3-2-5-16-8-10-23-11-9-16;;/h13-16,20,23,25H,2-12H2,1H3,(H,24,26,28);2*1H/t20-;;/m1../s1. The summed E-state index contributed by atoms with van der Waals surface area (Å²) >= 11 is 0. The maximum Gasteiger partial charge on any atom is 0.225 e. The van der Waals surface area contributed by atoms with E-state index in [1.165, 1.54) is 37.8 Å². The van der Waals surface area contributed by atoms with Crippen molar-refractivity contribution in [2.45, 2.75) is 57.4 Å². The predicted molar refractivity (Wildman–Crippen MR) is 128 cm³/mol. The molecule has 2 aliphatic rings. The molecule has 2 saturated heterocycles. The van der Waals surface area contributed by atoms with Crippen LogP contribution in [0.4, 0.5) is 5.82 Å². The summed E-state index contributed by atoms with van der Waals surface area (Å²) in [4.78, 5) is 22.6. The minimum absolute atomic E-state index is 0. The zero-order valence-corrected chi connectivity index (χ0v) is 19.4. The molecule has 6 nitrogen and oxygen atoms in total. The minimum atomic E-state index is 0. The molecule has 4 heterocycles. The third-order valence-corrected chi connectivity index (χ3v) is 6.40. The van der Waals surface area contributed by atoms with Crippen molar-refractivity contribution in [2.75, 3.05) is 32.0 Å². The molecule has 2 fully saturated rings. The second kappa shape index (κ2) is 11.9. The first kappa shape index (κ1) is 24.9. The molecule has 0 saturated carbocycles.